The summed E-state index contributed by atoms with van der Waals surface area (Å²) in [5.74, 6) is -0.225. The lowest BCUT2D eigenvalue weighted by Gasteiger charge is -2.14. The highest BCUT2D eigenvalue weighted by atomic mass is 35.5. The molecule has 0 heterocycles. The second-order valence-electron chi connectivity index (χ2n) is 3.81. The van der Waals surface area contributed by atoms with Gasteiger partial charge in [0.25, 0.3) is 0 Å². The number of halogens is 3. The smallest absolute Gasteiger partial charge is 0.123 e. The third-order valence-electron chi connectivity index (χ3n) is 2.70. The van der Waals surface area contributed by atoms with Crippen molar-refractivity contribution >= 4 is 11.6 Å². The summed E-state index contributed by atoms with van der Waals surface area (Å²) in [6.07, 6.45) is 0. The maximum Gasteiger partial charge on any atom is 0.123 e. The van der Waals surface area contributed by atoms with Crippen molar-refractivity contribution in [2.75, 3.05) is 5.88 Å². The molecule has 0 saturated heterocycles. The number of hydrogen-bond donors (Lipinski definition) is 0. The Labute approximate surface area is 104 Å². The van der Waals surface area contributed by atoms with E-state index in [0.717, 1.165) is 11.1 Å². The van der Waals surface area contributed by atoms with E-state index in [-0.39, 0.29) is 17.6 Å². The summed E-state index contributed by atoms with van der Waals surface area (Å²) < 4.78 is 25.7. The van der Waals surface area contributed by atoms with Gasteiger partial charge in [0.05, 0.1) is 0 Å². The fourth-order valence-corrected chi connectivity index (χ4v) is 2.12. The Morgan fingerprint density at radius 2 is 1.12 bits per heavy atom. The lowest BCUT2D eigenvalue weighted by molar-refractivity contribution is 0.625. The van der Waals surface area contributed by atoms with Crippen LogP contribution < -0.4 is 0 Å². The zero-order valence-electron chi connectivity index (χ0n) is 9.04. The van der Waals surface area contributed by atoms with Gasteiger partial charge in [-0.05, 0) is 35.4 Å². The van der Waals surface area contributed by atoms with E-state index < -0.39 is 0 Å². The van der Waals surface area contributed by atoms with Crippen molar-refractivity contribution in [1.29, 1.82) is 0 Å². The molecule has 3 heteroatoms. The molecule has 0 spiro atoms. The Morgan fingerprint density at radius 3 is 1.41 bits per heavy atom. The number of hydrogen-bond acceptors (Lipinski definition) is 0. The molecule has 88 valence electrons. The molecule has 0 amide bonds. The van der Waals surface area contributed by atoms with E-state index in [0.29, 0.717) is 5.88 Å². The van der Waals surface area contributed by atoms with E-state index >= 15 is 0 Å². The predicted octanol–water partition coefficient (Wildman–Crippen LogP) is 4.34. The van der Waals surface area contributed by atoms with Gasteiger partial charge in [0.1, 0.15) is 11.6 Å². The second-order valence-corrected chi connectivity index (χ2v) is 4.12. The first-order chi connectivity index (χ1) is 8.20. The zero-order chi connectivity index (χ0) is 12.3. The van der Waals surface area contributed by atoms with Crippen molar-refractivity contribution in [3.8, 4) is 0 Å². The van der Waals surface area contributed by atoms with Crippen molar-refractivity contribution in [2.24, 2.45) is 0 Å². The Kier molecular flexibility index (Phi) is 3.75. The summed E-state index contributed by atoms with van der Waals surface area (Å²) in [6.45, 7) is 0. The van der Waals surface area contributed by atoms with Crippen LogP contribution in [0.15, 0.2) is 48.5 Å². The van der Waals surface area contributed by atoms with Gasteiger partial charge in [0.2, 0.25) is 0 Å². The normalized spacial score (nSPS) is 10.8. The Balaban J connectivity index is 2.33. The molecule has 0 nitrogen and oxygen atoms in total. The van der Waals surface area contributed by atoms with Crippen LogP contribution in [0.1, 0.15) is 17.0 Å². The van der Waals surface area contributed by atoms with E-state index in [1.165, 1.54) is 24.3 Å². The van der Waals surface area contributed by atoms with E-state index in [1.807, 2.05) is 0 Å². The first kappa shape index (κ1) is 12.1. The highest BCUT2D eigenvalue weighted by Gasteiger charge is 2.12. The molecule has 0 aliphatic heterocycles. The van der Waals surface area contributed by atoms with Gasteiger partial charge >= 0.3 is 0 Å². The van der Waals surface area contributed by atoms with Crippen LogP contribution in [-0.4, -0.2) is 5.88 Å². The van der Waals surface area contributed by atoms with Crippen molar-refractivity contribution < 1.29 is 8.78 Å². The summed E-state index contributed by atoms with van der Waals surface area (Å²) in [7, 11) is 0. The van der Waals surface area contributed by atoms with Gasteiger partial charge < -0.3 is 0 Å². The highest BCUT2D eigenvalue weighted by molar-refractivity contribution is 6.18. The minimum absolute atomic E-state index is 0.0436. The highest BCUT2D eigenvalue weighted by Crippen LogP contribution is 2.26. The molecule has 0 atom stereocenters. The zero-order valence-corrected chi connectivity index (χ0v) is 9.79. The van der Waals surface area contributed by atoms with Crippen LogP contribution in [-0.2, 0) is 0 Å². The average Bonchev–Trinajstić information content (AvgIpc) is 2.35. The maximum absolute atomic E-state index is 12.8. The lowest BCUT2D eigenvalue weighted by Crippen LogP contribution is -2.02. The lowest BCUT2D eigenvalue weighted by atomic mass is 9.93. The average molecular weight is 253 g/mol. The number of alkyl halides is 1. The molecule has 0 fully saturated rings. The Bertz CT molecular complexity index is 431. The molecule has 2 aromatic rings. The van der Waals surface area contributed by atoms with Gasteiger partial charge in [0, 0.05) is 11.8 Å². The van der Waals surface area contributed by atoms with Gasteiger partial charge in [0.15, 0.2) is 0 Å². The van der Waals surface area contributed by atoms with Crippen LogP contribution in [0, 0.1) is 11.6 Å². The van der Waals surface area contributed by atoms with Gasteiger partial charge in [-0.1, -0.05) is 24.3 Å². The molecule has 0 bridgehead atoms. The van der Waals surface area contributed by atoms with E-state index in [2.05, 4.69) is 0 Å². The first-order valence-electron chi connectivity index (χ1n) is 5.27. The number of benzene rings is 2. The molecular weight excluding hydrogens is 242 g/mol. The fourth-order valence-electron chi connectivity index (χ4n) is 1.76. The monoisotopic (exact) mass is 252 g/mol. The van der Waals surface area contributed by atoms with Crippen LogP contribution in [0.3, 0.4) is 0 Å². The van der Waals surface area contributed by atoms with Crippen LogP contribution in [0.2, 0.25) is 0 Å². The maximum atomic E-state index is 12.8. The molecule has 0 radical (unpaired) electrons. The van der Waals surface area contributed by atoms with E-state index in [1.54, 1.807) is 24.3 Å². The Hall–Kier alpha value is -1.41. The largest absolute Gasteiger partial charge is 0.207 e. The summed E-state index contributed by atoms with van der Waals surface area (Å²) in [5, 5.41) is 0. The van der Waals surface area contributed by atoms with Gasteiger partial charge in [-0.25, -0.2) is 8.78 Å². The fraction of sp³-hybridized carbons (Fsp3) is 0.143. The minimum atomic E-state index is -0.277. The van der Waals surface area contributed by atoms with Gasteiger partial charge in [-0.2, -0.15) is 0 Å². The molecule has 2 aromatic carbocycles. The van der Waals surface area contributed by atoms with Gasteiger partial charge in [-0.15, -0.1) is 11.6 Å². The molecule has 0 N–H and O–H groups in total. The SMILES string of the molecule is Fc1ccc(C(CCl)c2ccc(F)cc2)cc1. The minimum Gasteiger partial charge on any atom is -0.207 e. The van der Waals surface area contributed by atoms with E-state index in [4.69, 9.17) is 11.6 Å². The van der Waals surface area contributed by atoms with Crippen molar-refractivity contribution in [3.05, 3.63) is 71.3 Å². The quantitative estimate of drug-likeness (QED) is 0.713. The van der Waals surface area contributed by atoms with E-state index in [9.17, 15) is 8.78 Å². The molecule has 0 aliphatic carbocycles. The molecule has 0 saturated carbocycles. The van der Waals surface area contributed by atoms with Crippen molar-refractivity contribution in [1.82, 2.24) is 0 Å². The third-order valence-corrected chi connectivity index (χ3v) is 3.01. The molecule has 0 unspecified atom stereocenters. The van der Waals surface area contributed by atoms with Crippen LogP contribution in [0.25, 0.3) is 0 Å². The summed E-state index contributed by atoms with van der Waals surface area (Å²) in [4.78, 5) is 0. The first-order valence-corrected chi connectivity index (χ1v) is 5.81. The molecule has 0 aliphatic rings. The van der Waals surface area contributed by atoms with Crippen LogP contribution in [0.4, 0.5) is 8.78 Å². The third kappa shape index (κ3) is 2.83. The summed E-state index contributed by atoms with van der Waals surface area (Å²) in [5.41, 5.74) is 1.85. The topological polar surface area (TPSA) is 0 Å². The summed E-state index contributed by atoms with van der Waals surface area (Å²) >= 11 is 5.93. The molecule has 17 heavy (non-hydrogen) atoms. The van der Waals surface area contributed by atoms with Crippen molar-refractivity contribution in [3.63, 3.8) is 0 Å². The molecular formula is C14H11ClF2. The van der Waals surface area contributed by atoms with Crippen molar-refractivity contribution in [2.45, 2.75) is 5.92 Å². The predicted molar refractivity (Wildman–Crippen MR) is 65.4 cm³/mol. The molecule has 2 rings (SSSR count). The number of rotatable bonds is 3. The second kappa shape index (κ2) is 5.28. The molecule has 0 aromatic heterocycles. The van der Waals surface area contributed by atoms with Crippen LogP contribution in [0.5, 0.6) is 0 Å². The van der Waals surface area contributed by atoms with Crippen LogP contribution >= 0.6 is 11.6 Å². The van der Waals surface area contributed by atoms with Gasteiger partial charge in [-0.3, -0.25) is 0 Å². The standard InChI is InChI=1S/C14H11ClF2/c15-9-14(10-1-5-12(16)6-2-10)11-3-7-13(17)8-4-11/h1-8,14H,9H2. The Morgan fingerprint density at radius 1 is 0.765 bits per heavy atom. The summed E-state index contributed by atoms with van der Waals surface area (Å²) in [6, 6.07) is 12.4.